The molecule has 0 spiro atoms. The van der Waals surface area contributed by atoms with Crippen molar-refractivity contribution in [1.82, 2.24) is 15.2 Å². The number of halogens is 6. The van der Waals surface area contributed by atoms with Gasteiger partial charge in [0.25, 0.3) is 5.91 Å². The Balaban J connectivity index is 1.50. The van der Waals surface area contributed by atoms with E-state index in [-0.39, 0.29) is 30.2 Å². The molecule has 2 amide bonds. The molecule has 58 heavy (non-hydrogen) atoms. The summed E-state index contributed by atoms with van der Waals surface area (Å²) in [5, 5.41) is 4.78. The monoisotopic (exact) mass is 805 g/mol. The van der Waals surface area contributed by atoms with Crippen LogP contribution in [0, 0.1) is 24.7 Å². The first-order valence-corrected chi connectivity index (χ1v) is 18.8. The molecule has 5 aliphatic heterocycles. The smallest absolute Gasteiger partial charge is 0.416 e. The molecular weight excluding hydrogens is 764 g/mol. The minimum Gasteiger partial charge on any atom is -0.469 e. The lowest BCUT2D eigenvalue weighted by Crippen LogP contribution is -2.54. The lowest BCUT2D eigenvalue weighted by molar-refractivity contribution is -0.148. The molecule has 0 saturated carbocycles. The number of rotatable bonds is 7. The number of likely N-dealkylation sites (tertiary alicyclic amines) is 1. The molecule has 8 bridgehead atoms. The quantitative estimate of drug-likeness (QED) is 0.178. The van der Waals surface area contributed by atoms with Crippen LogP contribution in [-0.4, -0.2) is 52.2 Å². The molecule has 2 unspecified atom stereocenters. The first-order valence-electron chi connectivity index (χ1n) is 18.8. The number of carbonyl (C=O) groups is 3. The topological polar surface area (TPSA) is 116 Å². The number of hydrogen-bond acceptors (Lipinski definition) is 7. The van der Waals surface area contributed by atoms with Crippen LogP contribution >= 0.6 is 0 Å². The van der Waals surface area contributed by atoms with Crippen molar-refractivity contribution < 1.29 is 45.5 Å². The molecule has 304 valence electrons. The molecule has 9 nitrogen and oxygen atoms in total. The van der Waals surface area contributed by atoms with Crippen LogP contribution in [0.25, 0.3) is 18.2 Å². The van der Waals surface area contributed by atoms with Crippen LogP contribution in [0.3, 0.4) is 0 Å². The number of aliphatic imine (C=N–C) groups is 2. The summed E-state index contributed by atoms with van der Waals surface area (Å²) in [7, 11) is 1.25. The van der Waals surface area contributed by atoms with Gasteiger partial charge < -0.3 is 15.0 Å². The molecule has 0 radical (unpaired) electrons. The summed E-state index contributed by atoms with van der Waals surface area (Å²) < 4.78 is 88.5. The molecule has 2 aromatic rings. The van der Waals surface area contributed by atoms with Crippen molar-refractivity contribution in [3.63, 3.8) is 0 Å². The fourth-order valence-electron chi connectivity index (χ4n) is 8.64. The average molecular weight is 806 g/mol. The molecule has 15 heteroatoms. The molecule has 1 aromatic carbocycles. The van der Waals surface area contributed by atoms with Crippen LogP contribution in [0.2, 0.25) is 0 Å². The van der Waals surface area contributed by atoms with Crippen LogP contribution in [0.5, 0.6) is 0 Å². The maximum Gasteiger partial charge on any atom is 0.416 e. The van der Waals surface area contributed by atoms with Gasteiger partial charge in [-0.25, -0.2) is 4.99 Å². The number of ether oxygens (including phenoxy) is 1. The van der Waals surface area contributed by atoms with Gasteiger partial charge in [0.15, 0.2) is 0 Å². The number of aromatic amines is 1. The van der Waals surface area contributed by atoms with Crippen LogP contribution in [-0.2, 0) is 38.0 Å². The van der Waals surface area contributed by atoms with E-state index >= 15 is 0 Å². The van der Waals surface area contributed by atoms with E-state index in [9.17, 15) is 40.7 Å². The Morgan fingerprint density at radius 2 is 1.66 bits per heavy atom. The van der Waals surface area contributed by atoms with E-state index in [0.29, 0.717) is 51.5 Å². The molecule has 2 N–H and O–H groups in total. The maximum atomic E-state index is 14.9. The van der Waals surface area contributed by atoms with Gasteiger partial charge in [0.1, 0.15) is 0 Å². The predicted octanol–water partition coefficient (Wildman–Crippen LogP) is 6.99. The number of carbonyl (C=O) groups excluding carboxylic acids is 3. The first kappa shape index (κ1) is 40.5. The summed E-state index contributed by atoms with van der Waals surface area (Å²) in [6.45, 7) is 12.7. The number of amides is 2. The Morgan fingerprint density at radius 3 is 2.26 bits per heavy atom. The lowest BCUT2D eigenvalue weighted by Gasteiger charge is -2.37. The number of aromatic nitrogens is 1. The fourth-order valence-corrected chi connectivity index (χ4v) is 8.64. The molecule has 7 rings (SSSR count). The minimum absolute atomic E-state index is 0.00294. The predicted molar refractivity (Wildman–Crippen MR) is 206 cm³/mol. The maximum absolute atomic E-state index is 14.9. The Morgan fingerprint density at radius 1 is 0.983 bits per heavy atom. The molecule has 1 fully saturated rings. The zero-order valence-corrected chi connectivity index (χ0v) is 32.6. The van der Waals surface area contributed by atoms with Crippen LogP contribution < -0.4 is 16.0 Å². The van der Waals surface area contributed by atoms with Gasteiger partial charge in [-0.15, -0.1) is 0 Å². The SMILES string of the molecule is C=Cc1c(C)/c2[nH]/c1=C\C1=C(C)C3C(=O)N(Cc4cc(C(F)(F)F)cc(C(F)(F)F)c4)C(=O)/C(=C4N=C(/C=C5N=C(\C=2)C(CC)=C\5C)[C@@H](C)[C@@H]/4CCC(=O)OC)C3N1. The standard InChI is InChI=1S/C43H41F6N5O4/c1-8-26-19(3)29-15-31-21(5)28(10-11-35(55)58-7)38(52-31)37-39-36(22(6)32(53-39)17-34-27(9-2)20(4)30(51-34)16-33(26)50-29)40(56)54(41(37)57)18-23-12-24(42(44,45)46)14-25(13-23)43(47,48)49/h9,12-17,21,28,36,39,51,53H,2,8,10-11,18H2,1,3-7H3/b29-15-,30-16-,34-17-,38-37+/t21-,28-,36?,39?/m0/s1. The number of benzene rings is 1. The second-order valence-electron chi connectivity index (χ2n) is 15.2. The first-order chi connectivity index (χ1) is 27.3. The second-order valence-corrected chi connectivity index (χ2v) is 15.2. The van der Waals surface area contributed by atoms with Crippen molar-refractivity contribution in [2.45, 2.75) is 78.8 Å². The fraction of sp³-hybridized carbons (Fsp3) is 0.372. The van der Waals surface area contributed by atoms with Crippen molar-refractivity contribution in [3.8, 4) is 0 Å². The van der Waals surface area contributed by atoms with Gasteiger partial charge in [0.2, 0.25) is 5.91 Å². The summed E-state index contributed by atoms with van der Waals surface area (Å²) in [4.78, 5) is 56.1. The van der Waals surface area contributed by atoms with Gasteiger partial charge in [0.05, 0.1) is 59.4 Å². The van der Waals surface area contributed by atoms with Crippen molar-refractivity contribution >= 4 is 47.4 Å². The number of fused-ring (bicyclic) bond motifs is 5. The Hall–Kier alpha value is -5.73. The molecule has 1 saturated heterocycles. The third-order valence-electron chi connectivity index (χ3n) is 11.8. The van der Waals surface area contributed by atoms with E-state index in [4.69, 9.17) is 14.7 Å². The number of nitrogens with zero attached hydrogens (tertiary/aromatic N) is 3. The zero-order valence-electron chi connectivity index (χ0n) is 32.6. The van der Waals surface area contributed by atoms with Gasteiger partial charge in [-0.3, -0.25) is 24.3 Å². The third-order valence-corrected chi connectivity index (χ3v) is 11.8. The number of H-pyrrole nitrogens is 1. The summed E-state index contributed by atoms with van der Waals surface area (Å²) in [6, 6.07) is 0.0109. The number of piperidine rings is 1. The summed E-state index contributed by atoms with van der Waals surface area (Å²) in [5.74, 6) is -4.30. The molecule has 1 aromatic heterocycles. The highest BCUT2D eigenvalue weighted by atomic mass is 19.4. The Labute approximate surface area is 330 Å². The molecule has 4 atom stereocenters. The summed E-state index contributed by atoms with van der Waals surface area (Å²) >= 11 is 0. The van der Waals surface area contributed by atoms with E-state index in [1.165, 1.54) is 7.11 Å². The average Bonchev–Trinajstić information content (AvgIpc) is 3.84. The summed E-state index contributed by atoms with van der Waals surface area (Å²) in [6.07, 6.45) is -2.19. The van der Waals surface area contributed by atoms with Crippen molar-refractivity contribution in [2.24, 2.45) is 27.7 Å². The largest absolute Gasteiger partial charge is 0.469 e. The molecule has 6 heterocycles. The third kappa shape index (κ3) is 6.87. The van der Waals surface area contributed by atoms with Crippen LogP contribution in [0.15, 0.2) is 80.2 Å². The number of esters is 1. The highest BCUT2D eigenvalue weighted by Gasteiger charge is 2.52. The minimum atomic E-state index is -5.15. The number of hydrogen-bond donors (Lipinski definition) is 2. The normalized spacial score (nSPS) is 26.4. The molecular formula is C43H41F6N5O4. The van der Waals surface area contributed by atoms with Crippen molar-refractivity contribution in [2.75, 3.05) is 7.11 Å². The van der Waals surface area contributed by atoms with E-state index in [1.807, 2.05) is 39.8 Å². The lowest BCUT2D eigenvalue weighted by atomic mass is 9.79. The van der Waals surface area contributed by atoms with E-state index in [2.05, 4.69) is 16.9 Å². The van der Waals surface area contributed by atoms with Crippen molar-refractivity contribution in [1.29, 1.82) is 0 Å². The van der Waals surface area contributed by atoms with Crippen molar-refractivity contribution in [3.05, 3.63) is 109 Å². The molecule has 5 aliphatic rings. The van der Waals surface area contributed by atoms with Crippen LogP contribution in [0.1, 0.15) is 74.8 Å². The Kier molecular flexibility index (Phi) is 10.2. The van der Waals surface area contributed by atoms with Gasteiger partial charge >= 0.3 is 18.3 Å². The van der Waals surface area contributed by atoms with Gasteiger partial charge in [-0.1, -0.05) is 26.5 Å². The molecule has 0 aliphatic carbocycles. The van der Waals surface area contributed by atoms with E-state index in [1.54, 1.807) is 19.1 Å². The number of methoxy groups -OCH3 is 1. The van der Waals surface area contributed by atoms with E-state index < -0.39 is 77.2 Å². The van der Waals surface area contributed by atoms with Crippen LogP contribution in [0.4, 0.5) is 26.3 Å². The van der Waals surface area contributed by atoms with Gasteiger partial charge in [-0.2, -0.15) is 26.3 Å². The summed E-state index contributed by atoms with van der Waals surface area (Å²) in [5.41, 5.74) is 3.10. The Bertz CT molecular complexity index is 2480. The number of imide groups is 1. The number of alkyl halides is 6. The number of allylic oxidation sites excluding steroid dienone is 5. The van der Waals surface area contributed by atoms with Gasteiger partial charge in [0, 0.05) is 45.9 Å². The zero-order chi connectivity index (χ0) is 42.2. The number of nitrogens with one attached hydrogen (secondary N) is 2. The second kappa shape index (κ2) is 14.6. The highest BCUT2D eigenvalue weighted by Crippen LogP contribution is 2.45. The van der Waals surface area contributed by atoms with E-state index in [0.717, 1.165) is 33.3 Å². The van der Waals surface area contributed by atoms with Gasteiger partial charge in [-0.05, 0) is 97.9 Å². The highest BCUT2D eigenvalue weighted by molar-refractivity contribution is 6.23.